The molecule has 1 aromatic carbocycles. The number of nitrogens with zero attached hydrogens (tertiary/aromatic N) is 1. The van der Waals surface area contributed by atoms with E-state index in [9.17, 15) is 19.2 Å². The smallest absolute Gasteiger partial charge is 0.325 e. The van der Waals surface area contributed by atoms with Crippen molar-refractivity contribution in [3.63, 3.8) is 0 Å². The van der Waals surface area contributed by atoms with Gasteiger partial charge < -0.3 is 10.3 Å². The highest BCUT2D eigenvalue weighted by atomic mass is 16.2. The van der Waals surface area contributed by atoms with Gasteiger partial charge in [-0.05, 0) is 50.3 Å². The van der Waals surface area contributed by atoms with E-state index in [1.165, 1.54) is 6.92 Å². The van der Waals surface area contributed by atoms with Crippen molar-refractivity contribution in [1.82, 2.24) is 15.2 Å². The third-order valence-electron chi connectivity index (χ3n) is 5.80. The highest BCUT2D eigenvalue weighted by Crippen LogP contribution is 2.30. The Morgan fingerprint density at radius 1 is 1.10 bits per heavy atom. The van der Waals surface area contributed by atoms with Crippen molar-refractivity contribution in [3.8, 4) is 0 Å². The fraction of sp³-hybridized carbons (Fsp3) is 0.391. The van der Waals surface area contributed by atoms with Gasteiger partial charge in [0.1, 0.15) is 5.54 Å². The van der Waals surface area contributed by atoms with Crippen LogP contribution in [0, 0.1) is 13.8 Å². The number of aromatic nitrogens is 1. The van der Waals surface area contributed by atoms with Gasteiger partial charge in [-0.2, -0.15) is 0 Å². The summed E-state index contributed by atoms with van der Waals surface area (Å²) in [6.45, 7) is 10.2. The van der Waals surface area contributed by atoms with E-state index >= 15 is 0 Å². The third-order valence-corrected chi connectivity index (χ3v) is 5.80. The Morgan fingerprint density at radius 3 is 2.20 bits per heavy atom. The lowest BCUT2D eigenvalue weighted by Crippen LogP contribution is -2.41. The van der Waals surface area contributed by atoms with E-state index in [4.69, 9.17) is 0 Å². The Balaban J connectivity index is 1.85. The molecule has 158 valence electrons. The van der Waals surface area contributed by atoms with Crippen LogP contribution < -0.4 is 5.32 Å². The van der Waals surface area contributed by atoms with Gasteiger partial charge in [0.05, 0.1) is 12.2 Å². The van der Waals surface area contributed by atoms with Gasteiger partial charge in [-0.1, -0.05) is 38.1 Å². The lowest BCUT2D eigenvalue weighted by Gasteiger charge is -2.22. The molecule has 1 aromatic heterocycles. The average Bonchev–Trinajstić information content (AvgIpc) is 3.09. The monoisotopic (exact) mass is 409 g/mol. The minimum absolute atomic E-state index is 0.146. The molecular weight excluding hydrogens is 382 g/mol. The first-order chi connectivity index (χ1) is 14.0. The number of carbonyl (C=O) groups excluding carboxylic acids is 4. The number of rotatable bonds is 6. The predicted octanol–water partition coefficient (Wildman–Crippen LogP) is 3.61. The Bertz CT molecular complexity index is 1050. The van der Waals surface area contributed by atoms with Crippen molar-refractivity contribution >= 4 is 23.5 Å². The number of imide groups is 1. The molecular formula is C23H27N3O4. The Labute approximate surface area is 175 Å². The number of nitrogens with one attached hydrogen (secondary N) is 2. The second-order valence-electron chi connectivity index (χ2n) is 8.33. The SMILES string of the molecule is CC(=O)c1c(C)[nH]c(C(=O)CN2C(=O)N[C@](C)(c3ccc(C(C)C)cc3)C2=O)c1C. The zero-order chi connectivity index (χ0) is 22.4. The Hall–Kier alpha value is -3.22. The highest BCUT2D eigenvalue weighted by Gasteiger charge is 2.49. The van der Waals surface area contributed by atoms with Gasteiger partial charge in [-0.3, -0.25) is 19.3 Å². The minimum atomic E-state index is -1.24. The molecule has 7 heteroatoms. The molecule has 2 aromatic rings. The number of H-pyrrole nitrogens is 1. The number of amides is 3. The largest absolute Gasteiger partial charge is 0.355 e. The van der Waals surface area contributed by atoms with Gasteiger partial charge in [0.15, 0.2) is 11.6 Å². The summed E-state index contributed by atoms with van der Waals surface area (Å²) >= 11 is 0. The molecule has 0 radical (unpaired) electrons. The van der Waals surface area contributed by atoms with Crippen LogP contribution in [0.3, 0.4) is 0 Å². The van der Waals surface area contributed by atoms with Gasteiger partial charge in [0.2, 0.25) is 0 Å². The minimum Gasteiger partial charge on any atom is -0.355 e. The number of carbonyl (C=O) groups is 4. The quantitative estimate of drug-likeness (QED) is 0.562. The molecule has 1 saturated heterocycles. The number of hydrogen-bond donors (Lipinski definition) is 2. The van der Waals surface area contributed by atoms with Crippen molar-refractivity contribution in [3.05, 3.63) is 57.9 Å². The molecule has 1 atom stereocenters. The van der Waals surface area contributed by atoms with Crippen LogP contribution in [-0.2, 0) is 10.3 Å². The van der Waals surface area contributed by atoms with E-state index in [1.54, 1.807) is 20.8 Å². The molecule has 0 unspecified atom stereocenters. The second-order valence-corrected chi connectivity index (χ2v) is 8.33. The summed E-state index contributed by atoms with van der Waals surface area (Å²) in [6.07, 6.45) is 0. The molecule has 2 N–H and O–H groups in total. The van der Waals surface area contributed by atoms with Crippen LogP contribution in [0.25, 0.3) is 0 Å². The van der Waals surface area contributed by atoms with Crippen molar-refractivity contribution < 1.29 is 19.2 Å². The first kappa shape index (κ1) is 21.5. The van der Waals surface area contributed by atoms with Crippen LogP contribution in [0.2, 0.25) is 0 Å². The van der Waals surface area contributed by atoms with Gasteiger partial charge in [0, 0.05) is 11.3 Å². The van der Waals surface area contributed by atoms with E-state index in [2.05, 4.69) is 24.1 Å². The Morgan fingerprint density at radius 2 is 1.70 bits per heavy atom. The van der Waals surface area contributed by atoms with Gasteiger partial charge in [-0.15, -0.1) is 0 Å². The molecule has 1 aliphatic heterocycles. The van der Waals surface area contributed by atoms with E-state index in [-0.39, 0.29) is 11.5 Å². The molecule has 3 rings (SSSR count). The summed E-state index contributed by atoms with van der Waals surface area (Å²) in [5.74, 6) is -0.702. The van der Waals surface area contributed by atoms with Crippen molar-refractivity contribution in [2.75, 3.05) is 6.54 Å². The van der Waals surface area contributed by atoms with Gasteiger partial charge >= 0.3 is 6.03 Å². The van der Waals surface area contributed by atoms with Crippen LogP contribution in [0.15, 0.2) is 24.3 Å². The van der Waals surface area contributed by atoms with E-state index in [0.29, 0.717) is 28.3 Å². The zero-order valence-corrected chi connectivity index (χ0v) is 18.2. The maximum absolute atomic E-state index is 13.1. The van der Waals surface area contributed by atoms with E-state index < -0.39 is 29.8 Å². The maximum atomic E-state index is 13.1. The topological polar surface area (TPSA) is 99.3 Å². The van der Waals surface area contributed by atoms with Gasteiger partial charge in [-0.25, -0.2) is 4.79 Å². The zero-order valence-electron chi connectivity index (χ0n) is 18.2. The van der Waals surface area contributed by atoms with E-state index in [1.807, 2.05) is 24.3 Å². The number of benzene rings is 1. The number of ketones is 2. The molecule has 0 bridgehead atoms. The van der Waals surface area contributed by atoms with Crippen LogP contribution in [0.5, 0.6) is 0 Å². The van der Waals surface area contributed by atoms with Crippen LogP contribution in [-0.4, -0.2) is 39.9 Å². The molecule has 1 aliphatic rings. The lowest BCUT2D eigenvalue weighted by molar-refractivity contribution is -0.130. The fourth-order valence-electron chi connectivity index (χ4n) is 4.02. The highest BCUT2D eigenvalue weighted by molar-refractivity contribution is 6.12. The lowest BCUT2D eigenvalue weighted by atomic mass is 9.90. The fourth-order valence-corrected chi connectivity index (χ4v) is 4.02. The van der Waals surface area contributed by atoms with Crippen LogP contribution in [0.1, 0.15) is 76.8 Å². The molecule has 0 saturated carbocycles. The van der Waals surface area contributed by atoms with Crippen molar-refractivity contribution in [2.24, 2.45) is 0 Å². The predicted molar refractivity (Wildman–Crippen MR) is 113 cm³/mol. The number of aromatic amines is 1. The summed E-state index contributed by atoms with van der Waals surface area (Å²) in [6, 6.07) is 6.92. The summed E-state index contributed by atoms with van der Waals surface area (Å²) in [4.78, 5) is 54.2. The molecule has 0 aliphatic carbocycles. The summed E-state index contributed by atoms with van der Waals surface area (Å²) in [7, 11) is 0. The summed E-state index contributed by atoms with van der Waals surface area (Å²) in [5, 5.41) is 2.72. The molecule has 3 amide bonds. The molecule has 1 fully saturated rings. The third kappa shape index (κ3) is 3.44. The van der Waals surface area contributed by atoms with Crippen molar-refractivity contribution in [2.45, 2.75) is 53.0 Å². The first-order valence-corrected chi connectivity index (χ1v) is 9.95. The van der Waals surface area contributed by atoms with Crippen LogP contribution in [0.4, 0.5) is 4.79 Å². The number of Topliss-reactive ketones (excluding diaryl/α,β-unsaturated/α-hetero) is 2. The summed E-state index contributed by atoms with van der Waals surface area (Å²) in [5.41, 5.74) is 2.38. The Kier molecular flexibility index (Phi) is 5.41. The first-order valence-electron chi connectivity index (χ1n) is 9.95. The van der Waals surface area contributed by atoms with Gasteiger partial charge in [0.25, 0.3) is 5.91 Å². The van der Waals surface area contributed by atoms with E-state index in [0.717, 1.165) is 10.5 Å². The number of urea groups is 1. The number of aryl methyl sites for hydroxylation is 1. The second kappa shape index (κ2) is 7.55. The molecule has 7 nitrogen and oxygen atoms in total. The molecule has 2 heterocycles. The molecule has 30 heavy (non-hydrogen) atoms. The van der Waals surface area contributed by atoms with Crippen LogP contribution >= 0.6 is 0 Å². The number of hydrogen-bond acceptors (Lipinski definition) is 4. The maximum Gasteiger partial charge on any atom is 0.325 e. The average molecular weight is 409 g/mol. The summed E-state index contributed by atoms with van der Waals surface area (Å²) < 4.78 is 0. The molecule has 0 spiro atoms. The van der Waals surface area contributed by atoms with Crippen molar-refractivity contribution in [1.29, 1.82) is 0 Å². The normalized spacial score (nSPS) is 18.8. The standard InChI is InChI=1S/C23H27N3O4/c1-12(2)16-7-9-17(10-8-16)23(6)21(29)26(22(30)25-23)11-18(28)20-13(3)19(15(5)27)14(4)24-20/h7-10,12,24H,11H2,1-6H3,(H,25,30)/t23-/m1/s1.